The van der Waals surface area contributed by atoms with Crippen LogP contribution in [0.3, 0.4) is 0 Å². The fourth-order valence-electron chi connectivity index (χ4n) is 8.79. The Morgan fingerprint density at radius 1 is 0.370 bits per heavy atom. The third-order valence-electron chi connectivity index (χ3n) is 11.3. The van der Waals surface area contributed by atoms with Crippen LogP contribution in [0.25, 0.3) is 75.4 Å². The highest BCUT2D eigenvalue weighted by atomic mass is 16.2. The molecule has 0 N–H and O–H groups in total. The van der Waals surface area contributed by atoms with E-state index in [9.17, 15) is 19.2 Å². The van der Waals surface area contributed by atoms with Crippen molar-refractivity contribution in [1.82, 2.24) is 0 Å². The molecule has 0 bridgehead atoms. The zero-order valence-corrected chi connectivity index (χ0v) is 29.4. The number of hydrogen-bond donors (Lipinski definition) is 0. The third-order valence-corrected chi connectivity index (χ3v) is 11.3. The molecule has 0 fully saturated rings. The van der Waals surface area contributed by atoms with Gasteiger partial charge in [-0.15, -0.1) is 0 Å². The van der Waals surface area contributed by atoms with E-state index in [2.05, 4.69) is 24.3 Å². The maximum Gasteiger partial charge on any atom is 0.258 e. The Labute approximate surface area is 309 Å². The fourth-order valence-corrected chi connectivity index (χ4v) is 8.79. The zero-order chi connectivity index (χ0) is 36.8. The second-order valence-electron chi connectivity index (χ2n) is 13.9. The van der Waals surface area contributed by atoms with Crippen LogP contribution in [-0.2, 0) is 0 Å². The molecule has 0 unspecified atom stereocenters. The Balaban J connectivity index is 1.27. The molecule has 10 rings (SSSR count). The minimum absolute atomic E-state index is 0.198. The Hall–Kier alpha value is -7.18. The summed E-state index contributed by atoms with van der Waals surface area (Å²) < 4.78 is 0. The summed E-state index contributed by atoms with van der Waals surface area (Å²) in [6, 6.07) is 42.8. The lowest BCUT2D eigenvalue weighted by Gasteiger charge is -2.23. The smallest absolute Gasteiger partial charge is 0.258 e. The molecule has 0 heterocycles. The highest BCUT2D eigenvalue weighted by Gasteiger charge is 2.26. The molecule has 0 aliphatic heterocycles. The monoisotopic (exact) mass is 698 g/mol. The maximum absolute atomic E-state index is 14.1. The van der Waals surface area contributed by atoms with Crippen molar-refractivity contribution >= 4 is 111 Å². The molecular weight excluding hydrogens is 669 g/mol. The molecule has 256 valence electrons. The van der Waals surface area contributed by atoms with Gasteiger partial charge < -0.3 is 9.80 Å². The van der Waals surface area contributed by atoms with Crippen LogP contribution in [0.2, 0.25) is 0 Å². The second kappa shape index (κ2) is 11.7. The number of carbonyl (C=O) groups excluding carboxylic acids is 4. The Morgan fingerprint density at radius 2 is 0.648 bits per heavy atom. The lowest BCUT2D eigenvalue weighted by molar-refractivity contribution is 0.0986. The molecule has 54 heavy (non-hydrogen) atoms. The first-order chi connectivity index (χ1) is 26.4. The first-order valence-corrected chi connectivity index (χ1v) is 17.8. The number of fused-ring (bicyclic) bond motifs is 4. The van der Waals surface area contributed by atoms with Gasteiger partial charge in [0.1, 0.15) is 0 Å². The number of amides is 2. The van der Waals surface area contributed by atoms with Crippen molar-refractivity contribution in [3.05, 3.63) is 156 Å². The summed E-state index contributed by atoms with van der Waals surface area (Å²) in [6.45, 7) is 0. The van der Waals surface area contributed by atoms with Gasteiger partial charge in [-0.25, -0.2) is 0 Å². The number of carbonyl (C=O) groups is 4. The number of rotatable bonds is 6. The average Bonchev–Trinajstić information content (AvgIpc) is 3.23. The average molecular weight is 699 g/mol. The van der Waals surface area contributed by atoms with E-state index in [1.165, 1.54) is 0 Å². The number of aldehydes is 2. The molecule has 0 saturated carbocycles. The lowest BCUT2D eigenvalue weighted by Crippen LogP contribution is -2.26. The second-order valence-corrected chi connectivity index (χ2v) is 13.9. The number of hydrogen-bond acceptors (Lipinski definition) is 4. The van der Waals surface area contributed by atoms with Crippen LogP contribution in [0.15, 0.2) is 133 Å². The van der Waals surface area contributed by atoms with Crippen LogP contribution in [0, 0.1) is 0 Å². The molecule has 0 aliphatic rings. The van der Waals surface area contributed by atoms with Crippen LogP contribution >= 0.6 is 0 Å². The number of nitrogens with zero attached hydrogens (tertiary/aromatic N) is 2. The summed E-state index contributed by atoms with van der Waals surface area (Å²) in [7, 11) is 3.50. The summed E-state index contributed by atoms with van der Waals surface area (Å²) in [4.78, 5) is 56.7. The van der Waals surface area contributed by atoms with Crippen molar-refractivity contribution in [2.75, 3.05) is 23.9 Å². The molecule has 10 aromatic carbocycles. The minimum atomic E-state index is -0.198. The van der Waals surface area contributed by atoms with E-state index in [4.69, 9.17) is 0 Å². The van der Waals surface area contributed by atoms with Gasteiger partial charge >= 0.3 is 0 Å². The molecule has 6 heteroatoms. The zero-order valence-electron chi connectivity index (χ0n) is 29.4. The van der Waals surface area contributed by atoms with E-state index in [1.807, 2.05) is 109 Å². The van der Waals surface area contributed by atoms with E-state index in [1.54, 1.807) is 23.9 Å². The van der Waals surface area contributed by atoms with Gasteiger partial charge in [0.05, 0.1) is 0 Å². The van der Waals surface area contributed by atoms with Gasteiger partial charge in [-0.2, -0.15) is 0 Å². The quantitative estimate of drug-likeness (QED) is 0.0984. The van der Waals surface area contributed by atoms with Crippen molar-refractivity contribution in [3.8, 4) is 0 Å². The normalized spacial score (nSPS) is 11.8. The van der Waals surface area contributed by atoms with Crippen molar-refractivity contribution in [2.45, 2.75) is 0 Å². The topological polar surface area (TPSA) is 74.8 Å². The standard InChI is InChI=1S/C48H30N2O4/c1-49(29-9-5-3-6-10-29)47(53)39-23-21-33-37-19-20-38-34-22-24-40(48(54)50(2)30-11-7-4-8-12-30)42-28(26-52)14-16-32(44(34)42)36-18-17-35(45(37)46(36)38)31-15-13-27(25-51)41(39)43(31)33/h3-26H,1-2H3. The lowest BCUT2D eigenvalue weighted by atomic mass is 9.82. The first kappa shape index (κ1) is 31.5. The van der Waals surface area contributed by atoms with Crippen molar-refractivity contribution in [1.29, 1.82) is 0 Å². The van der Waals surface area contributed by atoms with Crippen LogP contribution in [0.4, 0.5) is 11.4 Å². The van der Waals surface area contributed by atoms with Crippen LogP contribution in [-0.4, -0.2) is 38.5 Å². The van der Waals surface area contributed by atoms with E-state index < -0.39 is 0 Å². The SMILES string of the molecule is CN(C(=O)c1ccc2c3ccc4c5ccc(C(=O)N(C)c6ccccc6)c6c(C=O)ccc(c7ccc(c8ccc(C=O)c1c82)c3c74)c65)c1ccccc1. The summed E-state index contributed by atoms with van der Waals surface area (Å²) in [5.74, 6) is -0.396. The summed E-state index contributed by atoms with van der Waals surface area (Å²) in [5.41, 5.74) is 3.38. The van der Waals surface area contributed by atoms with Crippen molar-refractivity contribution in [2.24, 2.45) is 0 Å². The number of benzene rings is 10. The highest BCUT2D eigenvalue weighted by molar-refractivity contribution is 6.44. The largest absolute Gasteiger partial charge is 0.311 e. The summed E-state index contributed by atoms with van der Waals surface area (Å²) in [5, 5.41) is 13.1. The number of para-hydroxylation sites is 2. The van der Waals surface area contributed by atoms with E-state index in [0.717, 1.165) is 88.6 Å². The Bertz CT molecular complexity index is 2920. The minimum Gasteiger partial charge on any atom is -0.311 e. The van der Waals surface area contributed by atoms with Gasteiger partial charge in [-0.05, 0) is 101 Å². The predicted octanol–water partition coefficient (Wildman–Crippen LogP) is 10.8. The van der Waals surface area contributed by atoms with Gasteiger partial charge in [0.15, 0.2) is 12.6 Å². The molecule has 0 spiro atoms. The molecule has 0 atom stereocenters. The van der Waals surface area contributed by atoms with Gasteiger partial charge in [0.25, 0.3) is 11.8 Å². The van der Waals surface area contributed by atoms with Crippen LogP contribution < -0.4 is 9.80 Å². The molecule has 0 radical (unpaired) electrons. The molecule has 0 aromatic heterocycles. The third kappa shape index (κ3) is 4.22. The van der Waals surface area contributed by atoms with Gasteiger partial charge in [-0.3, -0.25) is 19.2 Å². The van der Waals surface area contributed by atoms with E-state index in [0.29, 0.717) is 33.0 Å². The summed E-state index contributed by atoms with van der Waals surface area (Å²) in [6.07, 6.45) is 1.67. The first-order valence-electron chi connectivity index (χ1n) is 17.8. The van der Waals surface area contributed by atoms with E-state index >= 15 is 0 Å². The molecule has 0 aliphatic carbocycles. The summed E-state index contributed by atoms with van der Waals surface area (Å²) >= 11 is 0. The maximum atomic E-state index is 14.1. The molecule has 0 saturated heterocycles. The molecule has 2 amide bonds. The molecule has 10 aromatic rings. The Kier molecular flexibility index (Phi) is 6.82. The van der Waals surface area contributed by atoms with Crippen LogP contribution in [0.1, 0.15) is 41.4 Å². The van der Waals surface area contributed by atoms with E-state index in [-0.39, 0.29) is 11.8 Å². The van der Waals surface area contributed by atoms with Gasteiger partial charge in [-0.1, -0.05) is 97.1 Å². The van der Waals surface area contributed by atoms with Crippen molar-refractivity contribution < 1.29 is 19.2 Å². The predicted molar refractivity (Wildman–Crippen MR) is 220 cm³/mol. The van der Waals surface area contributed by atoms with Crippen molar-refractivity contribution in [3.63, 3.8) is 0 Å². The fraction of sp³-hybridized carbons (Fsp3) is 0.0417. The van der Waals surface area contributed by atoms with Gasteiger partial charge in [0.2, 0.25) is 0 Å². The highest BCUT2D eigenvalue weighted by Crippen LogP contribution is 2.49. The van der Waals surface area contributed by atoms with Crippen LogP contribution in [0.5, 0.6) is 0 Å². The van der Waals surface area contributed by atoms with Gasteiger partial charge in [0, 0.05) is 58.5 Å². The number of anilines is 2. The Morgan fingerprint density at radius 3 is 0.963 bits per heavy atom. The molecule has 6 nitrogen and oxygen atoms in total. The molecular formula is C48H30N2O4.